The number of H-pyrrole nitrogens is 2. The van der Waals surface area contributed by atoms with Gasteiger partial charge in [0.2, 0.25) is 0 Å². The van der Waals surface area contributed by atoms with Gasteiger partial charge in [-0.2, -0.15) is 0 Å². The van der Waals surface area contributed by atoms with Gasteiger partial charge in [0, 0.05) is 62.3 Å². The van der Waals surface area contributed by atoms with Crippen LogP contribution in [0.25, 0.3) is 0 Å². The van der Waals surface area contributed by atoms with Crippen LogP contribution in [0.15, 0.2) is 31.6 Å². The Morgan fingerprint density at radius 3 is 1.53 bits per heavy atom. The van der Waals surface area contributed by atoms with Crippen LogP contribution in [0.4, 0.5) is 0 Å². The van der Waals surface area contributed by atoms with Gasteiger partial charge in [-0.15, -0.1) is 0 Å². The third-order valence-corrected chi connectivity index (χ3v) is 8.97. The van der Waals surface area contributed by atoms with Crippen molar-refractivity contribution < 1.29 is 19.1 Å². The molecule has 0 saturated carbocycles. The molecule has 0 aliphatic heterocycles. The van der Waals surface area contributed by atoms with E-state index in [2.05, 4.69) is 16.9 Å². The van der Waals surface area contributed by atoms with Crippen LogP contribution in [-0.4, -0.2) is 43.2 Å². The number of esters is 1. The number of nitrogens with one attached hydrogen (secondary N) is 2. The molecule has 0 fully saturated rings. The van der Waals surface area contributed by atoms with Crippen LogP contribution in [0.1, 0.15) is 140 Å². The normalized spacial score (nSPS) is 11.8. The summed E-state index contributed by atoms with van der Waals surface area (Å²) in [6.45, 7) is 5.08. The summed E-state index contributed by atoms with van der Waals surface area (Å²) in [6, 6.07) is 0. The molecule has 1 atom stereocenters. The van der Waals surface area contributed by atoms with Crippen molar-refractivity contribution in [3.05, 3.63) is 65.2 Å². The van der Waals surface area contributed by atoms with Crippen LogP contribution < -0.4 is 22.5 Å². The van der Waals surface area contributed by atoms with Gasteiger partial charge in [-0.25, -0.2) is 9.59 Å². The molecule has 1 unspecified atom stereocenters. The summed E-state index contributed by atoms with van der Waals surface area (Å²) in [5.74, 6) is -2.03. The second-order valence-corrected chi connectivity index (χ2v) is 13.3. The molecule has 0 aliphatic rings. The van der Waals surface area contributed by atoms with Crippen LogP contribution in [0.3, 0.4) is 0 Å². The van der Waals surface area contributed by atoms with Crippen molar-refractivity contribution in [3.8, 4) is 0 Å². The lowest BCUT2D eigenvalue weighted by molar-refractivity contribution is -0.147. The molecule has 0 aromatic carbocycles. The molecule has 2 N–H and O–H groups in total. The number of aromatic amines is 2. The van der Waals surface area contributed by atoms with E-state index in [4.69, 9.17) is 4.74 Å². The molecular weight excluding hydrogens is 628 g/mol. The standard InChI is InChI=1S/C37H58N4O8/c1-4-5-6-7-8-9-10-11-12-13-14-15-16-17-18-19-33(44)49-27-30(32(43)21-23-41-26-29(3)35(46)39-37(41)48)24-31(42)20-22-40-25-28(2)34(45)38-36(40)47/h25-26,30H,4-24,27H2,1-3H3,(H,38,45,47)(H,39,46,48). The number of rotatable bonds is 27. The van der Waals surface area contributed by atoms with Gasteiger partial charge in [0.1, 0.15) is 18.2 Å². The van der Waals surface area contributed by atoms with E-state index in [1.165, 1.54) is 92.2 Å². The number of hydrogen-bond acceptors (Lipinski definition) is 8. The minimum absolute atomic E-state index is 0.0148. The Balaban J connectivity index is 1.77. The smallest absolute Gasteiger partial charge is 0.328 e. The van der Waals surface area contributed by atoms with Gasteiger partial charge in [-0.1, -0.05) is 96.8 Å². The Morgan fingerprint density at radius 1 is 0.633 bits per heavy atom. The molecule has 0 saturated heterocycles. The Bertz CT molecular complexity index is 1550. The quantitative estimate of drug-likeness (QED) is 0.0925. The zero-order chi connectivity index (χ0) is 36.0. The van der Waals surface area contributed by atoms with Gasteiger partial charge in [0.15, 0.2) is 0 Å². The Labute approximate surface area is 289 Å². The number of nitrogens with zero attached hydrogens (tertiary/aromatic N) is 2. The molecule has 2 aromatic rings. The Hall–Kier alpha value is -3.83. The molecule has 2 heterocycles. The monoisotopic (exact) mass is 686 g/mol. The highest BCUT2D eigenvalue weighted by molar-refractivity contribution is 5.88. The first-order valence-electron chi connectivity index (χ1n) is 18.3. The number of aromatic nitrogens is 4. The summed E-state index contributed by atoms with van der Waals surface area (Å²) in [4.78, 5) is 90.6. The van der Waals surface area contributed by atoms with E-state index in [1.807, 2.05) is 0 Å². The largest absolute Gasteiger partial charge is 0.465 e. The van der Waals surface area contributed by atoms with Crippen LogP contribution in [0, 0.1) is 19.8 Å². The first-order valence-corrected chi connectivity index (χ1v) is 18.3. The third-order valence-electron chi connectivity index (χ3n) is 8.97. The minimum atomic E-state index is -0.925. The van der Waals surface area contributed by atoms with E-state index in [1.54, 1.807) is 13.8 Å². The van der Waals surface area contributed by atoms with Gasteiger partial charge < -0.3 is 4.74 Å². The number of ketones is 2. The summed E-state index contributed by atoms with van der Waals surface area (Å²) in [7, 11) is 0. The Kier molecular flexibility index (Phi) is 19.8. The minimum Gasteiger partial charge on any atom is -0.465 e. The predicted molar refractivity (Wildman–Crippen MR) is 190 cm³/mol. The zero-order valence-electron chi connectivity index (χ0n) is 29.9. The molecule has 0 amide bonds. The van der Waals surface area contributed by atoms with E-state index in [0.29, 0.717) is 17.5 Å². The maximum Gasteiger partial charge on any atom is 0.328 e. The van der Waals surface area contributed by atoms with Crippen molar-refractivity contribution in [1.82, 2.24) is 19.1 Å². The molecule has 0 radical (unpaired) electrons. The highest BCUT2D eigenvalue weighted by atomic mass is 16.5. The fraction of sp³-hybridized carbons (Fsp3) is 0.703. The highest BCUT2D eigenvalue weighted by Gasteiger charge is 2.24. The van der Waals surface area contributed by atoms with E-state index < -0.39 is 34.4 Å². The van der Waals surface area contributed by atoms with E-state index in [9.17, 15) is 33.6 Å². The summed E-state index contributed by atoms with van der Waals surface area (Å²) >= 11 is 0. The van der Waals surface area contributed by atoms with Crippen molar-refractivity contribution in [2.75, 3.05) is 6.61 Å². The second-order valence-electron chi connectivity index (χ2n) is 13.3. The summed E-state index contributed by atoms with van der Waals surface area (Å²) in [6.07, 6.45) is 20.9. The molecule has 0 aliphatic carbocycles. The number of carbonyl (C=O) groups is 3. The van der Waals surface area contributed by atoms with E-state index in [-0.39, 0.29) is 56.9 Å². The maximum absolute atomic E-state index is 13.2. The van der Waals surface area contributed by atoms with Crippen molar-refractivity contribution in [2.45, 2.75) is 156 Å². The molecule has 2 rings (SSSR count). The summed E-state index contributed by atoms with van der Waals surface area (Å²) in [5, 5.41) is 0. The number of carbonyl (C=O) groups excluding carboxylic acids is 3. The predicted octanol–water partition coefficient (Wildman–Crippen LogP) is 5.43. The number of ether oxygens (including phenoxy) is 1. The molecule has 0 bridgehead atoms. The zero-order valence-corrected chi connectivity index (χ0v) is 29.9. The molecule has 12 nitrogen and oxygen atoms in total. The summed E-state index contributed by atoms with van der Waals surface area (Å²) < 4.78 is 7.90. The van der Waals surface area contributed by atoms with Gasteiger partial charge in [0.05, 0.1) is 5.92 Å². The third kappa shape index (κ3) is 16.9. The number of unbranched alkanes of at least 4 members (excludes halogenated alkanes) is 14. The lowest BCUT2D eigenvalue weighted by Crippen LogP contribution is -2.33. The summed E-state index contributed by atoms with van der Waals surface area (Å²) in [5.41, 5.74) is -1.64. The van der Waals surface area contributed by atoms with Crippen molar-refractivity contribution in [2.24, 2.45) is 5.92 Å². The first kappa shape index (κ1) is 41.3. The van der Waals surface area contributed by atoms with Gasteiger partial charge in [0.25, 0.3) is 11.1 Å². The number of aryl methyl sites for hydroxylation is 4. The van der Waals surface area contributed by atoms with Gasteiger partial charge in [-0.3, -0.25) is 43.1 Å². The van der Waals surface area contributed by atoms with Crippen LogP contribution in [0.5, 0.6) is 0 Å². The SMILES string of the molecule is CCCCCCCCCCCCCCCCCC(=O)OCC(CC(=O)CCn1cc(C)c(=O)[nH]c1=O)C(=O)CCn1cc(C)c(=O)[nH]c1=O. The topological polar surface area (TPSA) is 170 Å². The van der Waals surface area contributed by atoms with Gasteiger partial charge >= 0.3 is 17.3 Å². The fourth-order valence-electron chi connectivity index (χ4n) is 5.80. The van der Waals surface area contributed by atoms with E-state index in [0.717, 1.165) is 19.3 Å². The number of Topliss-reactive ketones (excluding diaryl/α,β-unsaturated/α-hetero) is 2. The second kappa shape index (κ2) is 23.5. The van der Waals surface area contributed by atoms with Crippen LogP contribution >= 0.6 is 0 Å². The van der Waals surface area contributed by atoms with Crippen molar-refractivity contribution in [3.63, 3.8) is 0 Å². The first-order chi connectivity index (χ1) is 23.5. The average Bonchev–Trinajstić information content (AvgIpc) is 3.06. The van der Waals surface area contributed by atoms with Crippen LogP contribution in [0.2, 0.25) is 0 Å². The maximum atomic E-state index is 13.2. The molecule has 49 heavy (non-hydrogen) atoms. The Morgan fingerprint density at radius 2 is 1.06 bits per heavy atom. The molecule has 274 valence electrons. The lowest BCUT2D eigenvalue weighted by Gasteiger charge is -2.16. The highest BCUT2D eigenvalue weighted by Crippen LogP contribution is 2.15. The van der Waals surface area contributed by atoms with Gasteiger partial charge in [-0.05, 0) is 20.3 Å². The van der Waals surface area contributed by atoms with E-state index >= 15 is 0 Å². The number of hydrogen-bond donors (Lipinski definition) is 2. The molecule has 2 aromatic heterocycles. The van der Waals surface area contributed by atoms with Crippen LogP contribution in [-0.2, 0) is 32.2 Å². The molecule has 12 heteroatoms. The average molecular weight is 687 g/mol. The molecular formula is C37H58N4O8. The fourth-order valence-corrected chi connectivity index (χ4v) is 5.80. The van der Waals surface area contributed by atoms with Crippen molar-refractivity contribution >= 4 is 17.5 Å². The van der Waals surface area contributed by atoms with Crippen molar-refractivity contribution in [1.29, 1.82) is 0 Å². The lowest BCUT2D eigenvalue weighted by atomic mass is 9.95. The molecule has 0 spiro atoms.